The van der Waals surface area contributed by atoms with Gasteiger partial charge in [-0.2, -0.15) is 12.6 Å². The third-order valence-corrected chi connectivity index (χ3v) is 4.59. The van der Waals surface area contributed by atoms with Gasteiger partial charge in [0, 0.05) is 11.8 Å². The minimum Gasteiger partial charge on any atom is -0.459 e. The number of amides is 1. The first kappa shape index (κ1) is 18.3. The lowest BCUT2D eigenvalue weighted by molar-refractivity contribution is -0.149. The van der Waals surface area contributed by atoms with Crippen LogP contribution < -0.4 is 0 Å². The molecule has 5 nitrogen and oxygen atoms in total. The molecule has 3 rings (SSSR count). The van der Waals surface area contributed by atoms with Crippen LogP contribution in [0.2, 0.25) is 0 Å². The van der Waals surface area contributed by atoms with Gasteiger partial charge in [-0.1, -0.05) is 60.7 Å². The number of likely N-dealkylation sites (tertiary alicyclic amines) is 1. The number of esters is 1. The molecule has 2 aromatic carbocycles. The topological polar surface area (TPSA) is 55.8 Å². The molecule has 136 valence electrons. The van der Waals surface area contributed by atoms with Gasteiger partial charge >= 0.3 is 12.1 Å². The quantitative estimate of drug-likeness (QED) is 0.646. The van der Waals surface area contributed by atoms with E-state index in [-0.39, 0.29) is 18.5 Å². The van der Waals surface area contributed by atoms with Crippen LogP contribution in [0.25, 0.3) is 0 Å². The van der Waals surface area contributed by atoms with Crippen LogP contribution in [-0.2, 0) is 27.5 Å². The predicted octanol–water partition coefficient (Wildman–Crippen LogP) is 3.44. The van der Waals surface area contributed by atoms with Gasteiger partial charge in [0.15, 0.2) is 0 Å². The van der Waals surface area contributed by atoms with Crippen molar-refractivity contribution in [2.75, 3.05) is 6.54 Å². The Labute approximate surface area is 158 Å². The van der Waals surface area contributed by atoms with E-state index in [1.54, 1.807) is 0 Å². The molecule has 1 saturated heterocycles. The standard InChI is InChI=1S/C20H21NO4S/c22-19(24-13-15-7-3-1-4-8-15)18-11-17(26)12-21(18)20(23)25-14-16-9-5-2-6-10-16/h1-10,17-18,26H,11-14H2. The van der Waals surface area contributed by atoms with Crippen molar-refractivity contribution in [3.05, 3.63) is 71.8 Å². The molecule has 6 heteroatoms. The molecule has 2 unspecified atom stereocenters. The van der Waals surface area contributed by atoms with E-state index in [2.05, 4.69) is 12.6 Å². The molecule has 1 aliphatic rings. The van der Waals surface area contributed by atoms with E-state index in [1.165, 1.54) is 4.90 Å². The summed E-state index contributed by atoms with van der Waals surface area (Å²) < 4.78 is 10.7. The number of nitrogens with zero attached hydrogens (tertiary/aromatic N) is 1. The summed E-state index contributed by atoms with van der Waals surface area (Å²) in [5.41, 5.74) is 1.80. The zero-order valence-corrected chi connectivity index (χ0v) is 15.2. The summed E-state index contributed by atoms with van der Waals surface area (Å²) in [6.07, 6.45) is -0.0657. The van der Waals surface area contributed by atoms with Gasteiger partial charge in [-0.15, -0.1) is 0 Å². The summed E-state index contributed by atoms with van der Waals surface area (Å²) in [5, 5.41) is -0.0754. The number of carbonyl (C=O) groups is 2. The molecule has 0 saturated carbocycles. The maximum Gasteiger partial charge on any atom is 0.410 e. The van der Waals surface area contributed by atoms with Gasteiger partial charge in [0.1, 0.15) is 19.3 Å². The highest BCUT2D eigenvalue weighted by atomic mass is 32.1. The van der Waals surface area contributed by atoms with Crippen molar-refractivity contribution in [2.24, 2.45) is 0 Å². The second-order valence-electron chi connectivity index (χ2n) is 6.19. The zero-order chi connectivity index (χ0) is 18.4. The van der Waals surface area contributed by atoms with E-state index in [0.717, 1.165) is 11.1 Å². The highest BCUT2D eigenvalue weighted by Crippen LogP contribution is 2.24. The molecular formula is C20H21NO4S. The SMILES string of the molecule is O=C(OCc1ccccc1)C1CC(S)CN1C(=O)OCc1ccccc1. The summed E-state index contributed by atoms with van der Waals surface area (Å²) in [4.78, 5) is 26.3. The van der Waals surface area contributed by atoms with Crippen LogP contribution in [0.15, 0.2) is 60.7 Å². The number of hydrogen-bond acceptors (Lipinski definition) is 5. The zero-order valence-electron chi connectivity index (χ0n) is 14.3. The van der Waals surface area contributed by atoms with Crippen molar-refractivity contribution in [1.29, 1.82) is 0 Å². The monoisotopic (exact) mass is 371 g/mol. The van der Waals surface area contributed by atoms with Crippen molar-refractivity contribution in [1.82, 2.24) is 4.90 Å². The molecular weight excluding hydrogens is 350 g/mol. The third kappa shape index (κ3) is 4.79. The molecule has 0 aromatic heterocycles. The summed E-state index contributed by atoms with van der Waals surface area (Å²) >= 11 is 4.42. The van der Waals surface area contributed by atoms with Gasteiger partial charge in [-0.3, -0.25) is 4.90 Å². The lowest BCUT2D eigenvalue weighted by Crippen LogP contribution is -2.41. The van der Waals surface area contributed by atoms with E-state index in [9.17, 15) is 9.59 Å². The van der Waals surface area contributed by atoms with Crippen LogP contribution >= 0.6 is 12.6 Å². The number of benzene rings is 2. The van der Waals surface area contributed by atoms with Crippen LogP contribution in [0.5, 0.6) is 0 Å². The van der Waals surface area contributed by atoms with Crippen molar-refractivity contribution in [3.63, 3.8) is 0 Å². The van der Waals surface area contributed by atoms with Crippen molar-refractivity contribution in [2.45, 2.75) is 30.9 Å². The average Bonchev–Trinajstić information content (AvgIpc) is 3.08. The highest BCUT2D eigenvalue weighted by molar-refractivity contribution is 7.81. The molecule has 0 spiro atoms. The van der Waals surface area contributed by atoms with Gasteiger partial charge in [-0.25, -0.2) is 9.59 Å². The molecule has 1 aliphatic heterocycles. The molecule has 26 heavy (non-hydrogen) atoms. The van der Waals surface area contributed by atoms with E-state index in [1.807, 2.05) is 60.7 Å². The second kappa shape index (κ2) is 8.76. The largest absolute Gasteiger partial charge is 0.459 e. The van der Waals surface area contributed by atoms with Gasteiger partial charge < -0.3 is 9.47 Å². The van der Waals surface area contributed by atoms with Crippen LogP contribution in [-0.4, -0.2) is 34.8 Å². The lowest BCUT2D eigenvalue weighted by atomic mass is 10.2. The molecule has 0 N–H and O–H groups in total. The fourth-order valence-electron chi connectivity index (χ4n) is 2.87. The maximum atomic E-state index is 12.4. The fraction of sp³-hybridized carbons (Fsp3) is 0.300. The van der Waals surface area contributed by atoms with Crippen LogP contribution in [0.1, 0.15) is 17.5 Å². The number of thiol groups is 1. The van der Waals surface area contributed by atoms with E-state index < -0.39 is 18.1 Å². The molecule has 1 heterocycles. The van der Waals surface area contributed by atoms with Crippen molar-refractivity contribution < 1.29 is 19.1 Å². The predicted molar refractivity (Wildman–Crippen MR) is 101 cm³/mol. The minimum absolute atomic E-state index is 0.0754. The Morgan fingerprint density at radius 3 is 2.04 bits per heavy atom. The Balaban J connectivity index is 1.56. The second-order valence-corrected chi connectivity index (χ2v) is 6.92. The third-order valence-electron chi connectivity index (χ3n) is 4.21. The number of hydrogen-bond donors (Lipinski definition) is 1. The normalized spacial score (nSPS) is 19.2. The maximum absolute atomic E-state index is 12.4. The summed E-state index contributed by atoms with van der Waals surface area (Å²) in [6, 6.07) is 18.2. The van der Waals surface area contributed by atoms with Crippen LogP contribution in [0.4, 0.5) is 4.79 Å². The molecule has 2 aromatic rings. The minimum atomic E-state index is -0.663. The molecule has 2 atom stereocenters. The molecule has 1 fully saturated rings. The smallest absolute Gasteiger partial charge is 0.410 e. The Morgan fingerprint density at radius 1 is 0.923 bits per heavy atom. The Bertz CT molecular complexity index is 674. The van der Waals surface area contributed by atoms with Gasteiger partial charge in [0.25, 0.3) is 0 Å². The average molecular weight is 371 g/mol. The highest BCUT2D eigenvalue weighted by Gasteiger charge is 2.40. The Hall–Kier alpha value is -2.47. The number of ether oxygens (including phenoxy) is 2. The van der Waals surface area contributed by atoms with Crippen molar-refractivity contribution >= 4 is 24.7 Å². The Morgan fingerprint density at radius 2 is 1.46 bits per heavy atom. The molecule has 0 radical (unpaired) electrons. The van der Waals surface area contributed by atoms with E-state index in [4.69, 9.17) is 9.47 Å². The lowest BCUT2D eigenvalue weighted by Gasteiger charge is -2.22. The van der Waals surface area contributed by atoms with Crippen molar-refractivity contribution in [3.8, 4) is 0 Å². The summed E-state index contributed by atoms with van der Waals surface area (Å²) in [6.45, 7) is 0.710. The van der Waals surface area contributed by atoms with E-state index in [0.29, 0.717) is 13.0 Å². The van der Waals surface area contributed by atoms with Gasteiger partial charge in [-0.05, 0) is 17.5 Å². The fourth-order valence-corrected chi connectivity index (χ4v) is 3.24. The number of carbonyl (C=O) groups excluding carboxylic acids is 2. The van der Waals surface area contributed by atoms with Gasteiger partial charge in [0.2, 0.25) is 0 Å². The molecule has 1 amide bonds. The first-order valence-electron chi connectivity index (χ1n) is 8.49. The number of rotatable bonds is 5. The molecule has 0 aliphatic carbocycles. The summed E-state index contributed by atoms with van der Waals surface area (Å²) in [7, 11) is 0. The van der Waals surface area contributed by atoms with Gasteiger partial charge in [0.05, 0.1) is 0 Å². The molecule has 0 bridgehead atoms. The summed E-state index contributed by atoms with van der Waals surface area (Å²) in [5.74, 6) is -0.429. The first-order valence-corrected chi connectivity index (χ1v) is 9.01. The first-order chi connectivity index (χ1) is 12.6. The Kier molecular flexibility index (Phi) is 6.17. The van der Waals surface area contributed by atoms with E-state index >= 15 is 0 Å². The van der Waals surface area contributed by atoms with Crippen LogP contribution in [0.3, 0.4) is 0 Å². The van der Waals surface area contributed by atoms with Crippen LogP contribution in [0, 0.1) is 0 Å².